The number of nitrogens with zero attached hydrogens (tertiary/aromatic N) is 5. The van der Waals surface area contributed by atoms with Crippen LogP contribution in [0.4, 0.5) is 0 Å². The van der Waals surface area contributed by atoms with Crippen molar-refractivity contribution >= 4 is 23.0 Å². The molecule has 1 atom stereocenters. The van der Waals surface area contributed by atoms with E-state index in [9.17, 15) is 0 Å². The van der Waals surface area contributed by atoms with Crippen molar-refractivity contribution in [2.75, 3.05) is 20.6 Å². The number of pyridine rings is 1. The van der Waals surface area contributed by atoms with Crippen LogP contribution in [0.15, 0.2) is 88.4 Å². The molecule has 6 heteroatoms. The molecule has 0 bridgehead atoms. The molecule has 1 saturated carbocycles. The van der Waals surface area contributed by atoms with Crippen molar-refractivity contribution in [3.05, 3.63) is 89.5 Å². The summed E-state index contributed by atoms with van der Waals surface area (Å²) in [6.07, 6.45) is 7.88. The third-order valence-corrected chi connectivity index (χ3v) is 7.41. The highest BCUT2D eigenvalue weighted by Gasteiger charge is 2.48. The lowest BCUT2D eigenvalue weighted by molar-refractivity contribution is -0.750. The van der Waals surface area contributed by atoms with Crippen molar-refractivity contribution in [2.45, 2.75) is 19.8 Å². The average molecular weight is 464 g/mol. The number of fused-ring (bicyclic) bond motifs is 2. The Hall–Kier alpha value is -3.45. The number of aromatic nitrogens is 1. The SMILES string of the molecule is Cc1cc(-c2ccccc2)nc2cc(C3=NC(C4CC(CN(C)C)C4)=C4C=NC=C[N+]34N)ccc12. The number of hydrogen-bond acceptors (Lipinski definition) is 5. The maximum Gasteiger partial charge on any atom is 0.264 e. The first kappa shape index (κ1) is 22.0. The monoisotopic (exact) mass is 463 g/mol. The third-order valence-electron chi connectivity index (χ3n) is 7.41. The molecule has 1 aromatic heterocycles. The van der Waals surface area contributed by atoms with Crippen LogP contribution >= 0.6 is 0 Å². The number of rotatable bonds is 5. The normalized spacial score (nSPS) is 25.2. The second-order valence-corrected chi connectivity index (χ2v) is 10.3. The van der Waals surface area contributed by atoms with Gasteiger partial charge in [0.05, 0.1) is 29.2 Å². The van der Waals surface area contributed by atoms with Gasteiger partial charge in [0.2, 0.25) is 5.70 Å². The Balaban J connectivity index is 1.39. The maximum atomic E-state index is 7.00. The fraction of sp³-hybridized carbons (Fsp3) is 0.276. The first-order chi connectivity index (χ1) is 16.9. The van der Waals surface area contributed by atoms with Gasteiger partial charge in [0, 0.05) is 23.4 Å². The minimum atomic E-state index is 0.0660. The van der Waals surface area contributed by atoms with Gasteiger partial charge < -0.3 is 4.90 Å². The van der Waals surface area contributed by atoms with Crippen LogP contribution in [0.25, 0.3) is 22.2 Å². The van der Waals surface area contributed by atoms with Crippen LogP contribution in [0, 0.1) is 18.8 Å². The summed E-state index contributed by atoms with van der Waals surface area (Å²) in [7, 11) is 4.28. The summed E-state index contributed by atoms with van der Waals surface area (Å²) < 4.78 is 0.0660. The summed E-state index contributed by atoms with van der Waals surface area (Å²) in [4.78, 5) is 16.9. The summed E-state index contributed by atoms with van der Waals surface area (Å²) in [5.41, 5.74) is 7.32. The Kier molecular flexibility index (Phi) is 5.25. The summed E-state index contributed by atoms with van der Waals surface area (Å²) >= 11 is 0. The summed E-state index contributed by atoms with van der Waals surface area (Å²) in [6, 6.07) is 18.9. The molecule has 6 nitrogen and oxygen atoms in total. The Labute approximate surface area is 206 Å². The zero-order chi connectivity index (χ0) is 24.2. The second kappa shape index (κ2) is 8.34. The number of allylic oxidation sites excluding steroid dienone is 2. The van der Waals surface area contributed by atoms with E-state index in [1.807, 2.05) is 30.6 Å². The van der Waals surface area contributed by atoms with Crippen LogP contribution in [0.5, 0.6) is 0 Å². The van der Waals surface area contributed by atoms with E-state index in [0.29, 0.717) is 11.8 Å². The van der Waals surface area contributed by atoms with Gasteiger partial charge in [-0.05, 0) is 63.5 Å². The molecule has 0 amide bonds. The van der Waals surface area contributed by atoms with Crippen LogP contribution < -0.4 is 5.84 Å². The molecule has 3 heterocycles. The van der Waals surface area contributed by atoms with Crippen molar-refractivity contribution in [3.8, 4) is 11.3 Å². The minimum absolute atomic E-state index is 0.0660. The highest BCUT2D eigenvalue weighted by Crippen LogP contribution is 2.45. The number of aryl methyl sites for hydroxylation is 1. The average Bonchev–Trinajstić information content (AvgIpc) is 3.13. The number of quaternary nitrogens is 1. The highest BCUT2D eigenvalue weighted by molar-refractivity contribution is 6.03. The maximum absolute atomic E-state index is 7.00. The Morgan fingerprint density at radius 3 is 2.60 bits per heavy atom. The van der Waals surface area contributed by atoms with Gasteiger partial charge in [0.1, 0.15) is 11.9 Å². The molecular formula is C29H31N6+. The van der Waals surface area contributed by atoms with E-state index in [4.69, 9.17) is 15.8 Å². The molecule has 1 aliphatic carbocycles. The molecule has 3 aromatic rings. The number of hydrogen-bond donors (Lipinski definition) is 1. The lowest BCUT2D eigenvalue weighted by Gasteiger charge is -2.36. The summed E-state index contributed by atoms with van der Waals surface area (Å²) in [5, 5.41) is 1.14. The predicted molar refractivity (Wildman–Crippen MR) is 142 cm³/mol. The van der Waals surface area contributed by atoms with Gasteiger partial charge in [0.25, 0.3) is 5.84 Å². The molecule has 6 rings (SSSR count). The lowest BCUT2D eigenvalue weighted by atomic mass is 9.72. The van der Waals surface area contributed by atoms with Crippen molar-refractivity contribution in [3.63, 3.8) is 0 Å². The number of nitrogens with two attached hydrogens (primary N) is 1. The van der Waals surface area contributed by atoms with Gasteiger partial charge in [-0.25, -0.2) is 4.98 Å². The van der Waals surface area contributed by atoms with E-state index in [2.05, 4.69) is 67.3 Å². The molecule has 2 N–H and O–H groups in total. The van der Waals surface area contributed by atoms with Gasteiger partial charge >= 0.3 is 0 Å². The first-order valence-corrected chi connectivity index (χ1v) is 12.3. The molecule has 1 fully saturated rings. The van der Waals surface area contributed by atoms with E-state index >= 15 is 0 Å². The molecule has 35 heavy (non-hydrogen) atoms. The second-order valence-electron chi connectivity index (χ2n) is 10.3. The molecule has 2 aliphatic heterocycles. The van der Waals surface area contributed by atoms with Gasteiger partial charge in [-0.15, -0.1) is 4.59 Å². The van der Waals surface area contributed by atoms with Gasteiger partial charge in [-0.1, -0.05) is 36.4 Å². The van der Waals surface area contributed by atoms with Crippen LogP contribution in [-0.4, -0.2) is 47.2 Å². The third kappa shape index (κ3) is 3.74. The summed E-state index contributed by atoms with van der Waals surface area (Å²) in [5.74, 6) is 8.97. The van der Waals surface area contributed by atoms with Gasteiger partial charge in [-0.3, -0.25) is 4.99 Å². The Morgan fingerprint density at radius 2 is 1.83 bits per heavy atom. The van der Waals surface area contributed by atoms with E-state index in [1.165, 1.54) is 5.56 Å². The Morgan fingerprint density at radius 1 is 1.03 bits per heavy atom. The fourth-order valence-electron chi connectivity index (χ4n) is 5.63. The molecule has 0 spiro atoms. The zero-order valence-corrected chi connectivity index (χ0v) is 20.5. The Bertz CT molecular complexity index is 1430. The van der Waals surface area contributed by atoms with Crippen LogP contribution in [0.3, 0.4) is 0 Å². The fourth-order valence-corrected chi connectivity index (χ4v) is 5.63. The number of amidine groups is 1. The first-order valence-electron chi connectivity index (χ1n) is 12.3. The van der Waals surface area contributed by atoms with Crippen molar-refractivity contribution in [1.82, 2.24) is 9.88 Å². The van der Waals surface area contributed by atoms with Crippen LogP contribution in [-0.2, 0) is 0 Å². The van der Waals surface area contributed by atoms with E-state index < -0.39 is 0 Å². The van der Waals surface area contributed by atoms with Crippen LogP contribution in [0.1, 0.15) is 24.0 Å². The van der Waals surface area contributed by atoms with E-state index in [1.54, 1.807) is 6.20 Å². The molecule has 0 radical (unpaired) electrons. The lowest BCUT2D eigenvalue weighted by Crippen LogP contribution is -2.53. The molecule has 1 unspecified atom stereocenters. The molecule has 3 aliphatic rings. The number of aliphatic imine (C=N–C) groups is 2. The quantitative estimate of drug-likeness (QED) is 0.427. The van der Waals surface area contributed by atoms with Crippen molar-refractivity contribution in [2.24, 2.45) is 27.7 Å². The smallest absolute Gasteiger partial charge is 0.264 e. The molecule has 0 saturated heterocycles. The van der Waals surface area contributed by atoms with Gasteiger partial charge in [-0.2, -0.15) is 10.8 Å². The molecular weight excluding hydrogens is 432 g/mol. The predicted octanol–water partition coefficient (Wildman–Crippen LogP) is 5.02. The molecule has 2 aromatic carbocycles. The van der Waals surface area contributed by atoms with Crippen LogP contribution in [0.2, 0.25) is 0 Å². The number of benzene rings is 2. The van der Waals surface area contributed by atoms with Crippen molar-refractivity contribution in [1.29, 1.82) is 0 Å². The highest BCUT2D eigenvalue weighted by atomic mass is 15.6. The van der Waals surface area contributed by atoms with Gasteiger partial charge in [0.15, 0.2) is 0 Å². The van der Waals surface area contributed by atoms with Crippen molar-refractivity contribution < 1.29 is 4.59 Å². The standard InChI is InChI=1S/C29H31N6/c1-19-13-25(21-7-5-4-6-8-21)32-26-16-22(9-10-24(19)26)29-33-28(23-14-20(15-23)18-34(2)3)27-17-31-11-12-35(27,29)30/h4-13,16-17,20,23H,14-15,18,30H2,1-3H3/q+1. The van der Waals surface area contributed by atoms with E-state index in [0.717, 1.165) is 64.3 Å². The van der Waals surface area contributed by atoms with E-state index in [-0.39, 0.29) is 4.59 Å². The largest absolute Gasteiger partial charge is 0.309 e. The molecule has 176 valence electrons. The zero-order valence-electron chi connectivity index (χ0n) is 20.5. The minimum Gasteiger partial charge on any atom is -0.309 e. The topological polar surface area (TPSA) is 66.9 Å². The summed E-state index contributed by atoms with van der Waals surface area (Å²) in [6.45, 7) is 3.26.